The third-order valence-electron chi connectivity index (χ3n) is 3.35. The first-order chi connectivity index (χ1) is 9.25. The van der Waals surface area contributed by atoms with Gasteiger partial charge < -0.3 is 5.32 Å². The van der Waals surface area contributed by atoms with Crippen LogP contribution in [0.15, 0.2) is 42.7 Å². The van der Waals surface area contributed by atoms with Gasteiger partial charge in [0.15, 0.2) is 0 Å². The Labute approximate surface area is 112 Å². The summed E-state index contributed by atoms with van der Waals surface area (Å²) in [5.41, 5.74) is 4.51. The minimum Gasteiger partial charge on any atom is -0.379 e. The number of hydrogen-bond acceptors (Lipinski definition) is 3. The molecule has 3 aromatic rings. The van der Waals surface area contributed by atoms with Gasteiger partial charge in [-0.25, -0.2) is 0 Å². The zero-order valence-corrected chi connectivity index (χ0v) is 11.1. The Bertz CT molecular complexity index is 715. The second-order valence-electron chi connectivity index (χ2n) is 4.63. The summed E-state index contributed by atoms with van der Waals surface area (Å²) in [6, 6.07) is 10.3. The third-order valence-corrected chi connectivity index (χ3v) is 3.35. The van der Waals surface area contributed by atoms with Gasteiger partial charge in [-0.05, 0) is 36.8 Å². The van der Waals surface area contributed by atoms with Crippen molar-refractivity contribution >= 4 is 16.6 Å². The van der Waals surface area contributed by atoms with Crippen LogP contribution in [0, 0.1) is 6.92 Å². The Balaban J connectivity index is 1.93. The summed E-state index contributed by atoms with van der Waals surface area (Å²) in [7, 11) is 1.95. The lowest BCUT2D eigenvalue weighted by molar-refractivity contribution is 0.720. The molecule has 3 rings (SSSR count). The number of pyridine rings is 1. The molecule has 0 unspecified atom stereocenters. The molecule has 4 nitrogen and oxygen atoms in total. The molecule has 0 amide bonds. The smallest absolute Gasteiger partial charge is 0.0751 e. The number of nitrogens with one attached hydrogen (secondary N) is 1. The number of fused-ring (bicyclic) bond motifs is 1. The average Bonchev–Trinajstić information content (AvgIpc) is 2.84. The molecule has 0 saturated carbocycles. The number of benzene rings is 1. The number of anilines is 1. The fourth-order valence-corrected chi connectivity index (χ4v) is 2.23. The topological polar surface area (TPSA) is 42.7 Å². The molecule has 4 heteroatoms. The molecule has 2 heterocycles. The van der Waals surface area contributed by atoms with Crippen molar-refractivity contribution in [1.29, 1.82) is 0 Å². The molecule has 1 aromatic carbocycles. The highest BCUT2D eigenvalue weighted by Crippen LogP contribution is 2.24. The van der Waals surface area contributed by atoms with E-state index >= 15 is 0 Å². The molecule has 0 bridgehead atoms. The lowest BCUT2D eigenvalue weighted by Gasteiger charge is -2.11. The zero-order chi connectivity index (χ0) is 13.2. The summed E-state index contributed by atoms with van der Waals surface area (Å²) in [4.78, 5) is 4.45. The maximum atomic E-state index is 4.45. The highest BCUT2D eigenvalue weighted by Gasteiger charge is 2.05. The van der Waals surface area contributed by atoms with E-state index in [0.717, 1.165) is 28.8 Å². The van der Waals surface area contributed by atoms with Gasteiger partial charge >= 0.3 is 0 Å². The number of aryl methyl sites for hydroxylation is 2. The van der Waals surface area contributed by atoms with E-state index in [-0.39, 0.29) is 0 Å². The molecular weight excluding hydrogens is 236 g/mol. The van der Waals surface area contributed by atoms with Gasteiger partial charge in [-0.3, -0.25) is 9.67 Å². The van der Waals surface area contributed by atoms with E-state index in [2.05, 4.69) is 40.5 Å². The second-order valence-corrected chi connectivity index (χ2v) is 4.63. The van der Waals surface area contributed by atoms with E-state index in [4.69, 9.17) is 0 Å². The van der Waals surface area contributed by atoms with E-state index < -0.39 is 0 Å². The molecule has 0 fully saturated rings. The molecule has 2 aromatic heterocycles. The Morgan fingerprint density at radius 2 is 2.05 bits per heavy atom. The van der Waals surface area contributed by atoms with Gasteiger partial charge in [-0.15, -0.1) is 0 Å². The van der Waals surface area contributed by atoms with Crippen LogP contribution in [0.5, 0.6) is 0 Å². The van der Waals surface area contributed by atoms with Crippen molar-refractivity contribution in [1.82, 2.24) is 14.8 Å². The summed E-state index contributed by atoms with van der Waals surface area (Å²) in [5, 5.41) is 8.78. The summed E-state index contributed by atoms with van der Waals surface area (Å²) >= 11 is 0. The predicted molar refractivity (Wildman–Crippen MR) is 77.0 cm³/mol. The maximum absolute atomic E-state index is 4.45. The average molecular weight is 252 g/mol. The molecule has 19 heavy (non-hydrogen) atoms. The minimum atomic E-state index is 0.754. The van der Waals surface area contributed by atoms with Crippen LogP contribution in [0.2, 0.25) is 0 Å². The van der Waals surface area contributed by atoms with Crippen molar-refractivity contribution in [3.8, 4) is 0 Å². The van der Waals surface area contributed by atoms with Crippen LogP contribution in [0.1, 0.15) is 11.3 Å². The van der Waals surface area contributed by atoms with E-state index in [1.54, 1.807) is 0 Å². The first kappa shape index (κ1) is 11.7. The van der Waals surface area contributed by atoms with Crippen LogP contribution in [-0.4, -0.2) is 14.8 Å². The molecular formula is C15H16N4. The second kappa shape index (κ2) is 4.72. The molecule has 0 aliphatic heterocycles. The Morgan fingerprint density at radius 1 is 1.16 bits per heavy atom. The van der Waals surface area contributed by atoms with Crippen LogP contribution < -0.4 is 5.32 Å². The van der Waals surface area contributed by atoms with Gasteiger partial charge in [-0.2, -0.15) is 5.10 Å². The van der Waals surface area contributed by atoms with Crippen molar-refractivity contribution < 1.29 is 0 Å². The summed E-state index contributed by atoms with van der Waals surface area (Å²) in [6.45, 7) is 2.84. The molecule has 0 atom stereocenters. The molecule has 0 radical (unpaired) electrons. The standard InChI is InChI=1S/C15H16N4/c1-11-5-6-14(13-4-3-8-16-15(11)13)17-10-12-7-9-18-19(12)2/h3-9,17H,10H2,1-2H3. The number of nitrogens with zero attached hydrogens (tertiary/aromatic N) is 3. The van der Waals surface area contributed by atoms with Crippen molar-refractivity contribution in [3.63, 3.8) is 0 Å². The third kappa shape index (κ3) is 2.17. The highest BCUT2D eigenvalue weighted by atomic mass is 15.3. The highest BCUT2D eigenvalue weighted by molar-refractivity contribution is 5.93. The molecule has 0 spiro atoms. The Morgan fingerprint density at radius 3 is 2.84 bits per heavy atom. The molecule has 0 aliphatic rings. The largest absolute Gasteiger partial charge is 0.379 e. The summed E-state index contributed by atoms with van der Waals surface area (Å²) in [5.74, 6) is 0. The van der Waals surface area contributed by atoms with Crippen molar-refractivity contribution in [2.45, 2.75) is 13.5 Å². The van der Waals surface area contributed by atoms with Crippen molar-refractivity contribution in [2.75, 3.05) is 5.32 Å². The SMILES string of the molecule is Cc1ccc(NCc2ccnn2C)c2cccnc12. The molecule has 96 valence electrons. The fourth-order valence-electron chi connectivity index (χ4n) is 2.23. The minimum absolute atomic E-state index is 0.754. The summed E-state index contributed by atoms with van der Waals surface area (Å²) in [6.07, 6.45) is 3.64. The van der Waals surface area contributed by atoms with Crippen molar-refractivity contribution in [2.24, 2.45) is 7.05 Å². The number of hydrogen-bond donors (Lipinski definition) is 1. The van der Waals surface area contributed by atoms with Crippen LogP contribution in [0.25, 0.3) is 10.9 Å². The van der Waals surface area contributed by atoms with Gasteiger partial charge in [0.25, 0.3) is 0 Å². The predicted octanol–water partition coefficient (Wildman–Crippen LogP) is 2.89. The fraction of sp³-hybridized carbons (Fsp3) is 0.200. The number of aromatic nitrogens is 3. The van der Waals surface area contributed by atoms with Crippen LogP contribution >= 0.6 is 0 Å². The number of rotatable bonds is 3. The van der Waals surface area contributed by atoms with Crippen LogP contribution in [0.4, 0.5) is 5.69 Å². The van der Waals surface area contributed by atoms with Gasteiger partial charge in [0.05, 0.1) is 17.8 Å². The summed E-state index contributed by atoms with van der Waals surface area (Å²) < 4.78 is 1.88. The van der Waals surface area contributed by atoms with E-state index in [1.165, 1.54) is 5.56 Å². The van der Waals surface area contributed by atoms with E-state index in [9.17, 15) is 0 Å². The Kier molecular flexibility index (Phi) is 2.91. The van der Waals surface area contributed by atoms with Crippen molar-refractivity contribution in [3.05, 3.63) is 54.0 Å². The quantitative estimate of drug-likeness (QED) is 0.779. The molecule has 0 aliphatic carbocycles. The first-order valence-corrected chi connectivity index (χ1v) is 6.31. The normalized spacial score (nSPS) is 10.8. The first-order valence-electron chi connectivity index (χ1n) is 6.31. The molecule has 1 N–H and O–H groups in total. The maximum Gasteiger partial charge on any atom is 0.0751 e. The lowest BCUT2D eigenvalue weighted by atomic mass is 10.1. The zero-order valence-electron chi connectivity index (χ0n) is 11.1. The van der Waals surface area contributed by atoms with Crippen LogP contribution in [0.3, 0.4) is 0 Å². The van der Waals surface area contributed by atoms with Gasteiger partial charge in [0.1, 0.15) is 0 Å². The van der Waals surface area contributed by atoms with Gasteiger partial charge in [0.2, 0.25) is 0 Å². The van der Waals surface area contributed by atoms with Gasteiger partial charge in [-0.1, -0.05) is 6.07 Å². The van der Waals surface area contributed by atoms with Gasteiger partial charge in [0, 0.05) is 30.5 Å². The van der Waals surface area contributed by atoms with E-state index in [0.29, 0.717) is 0 Å². The monoisotopic (exact) mass is 252 g/mol. The lowest BCUT2D eigenvalue weighted by Crippen LogP contribution is -2.05. The van der Waals surface area contributed by atoms with Crippen LogP contribution in [-0.2, 0) is 13.6 Å². The molecule has 0 saturated heterocycles. The van der Waals surface area contributed by atoms with E-state index in [1.807, 2.05) is 36.3 Å². The Hall–Kier alpha value is -2.36.